The van der Waals surface area contributed by atoms with Gasteiger partial charge in [-0.25, -0.2) is 15.0 Å². The third-order valence-electron chi connectivity index (χ3n) is 5.13. The maximum Gasteiger partial charge on any atom is 0.167 e. The van der Waals surface area contributed by atoms with Crippen molar-refractivity contribution in [3.05, 3.63) is 42.5 Å². The lowest BCUT2D eigenvalue weighted by molar-refractivity contribution is -0.0486. The van der Waals surface area contributed by atoms with Crippen LogP contribution in [0.1, 0.15) is 18.2 Å². The average molecular weight is 353 g/mol. The van der Waals surface area contributed by atoms with E-state index >= 15 is 0 Å². The Bertz CT molecular complexity index is 959. The summed E-state index contributed by atoms with van der Waals surface area (Å²) in [6, 6.07) is 8.28. The molecule has 8 heteroatoms. The summed E-state index contributed by atoms with van der Waals surface area (Å²) in [5.74, 6) is 0.755. The molecular formula is C18H19N5O3. The number of aliphatic hydroxyl groups is 2. The molecule has 1 saturated heterocycles. The number of ether oxygens (including phenoxy) is 1. The molecule has 26 heavy (non-hydrogen) atoms. The van der Waals surface area contributed by atoms with E-state index in [-0.39, 0.29) is 12.7 Å². The molecule has 2 aliphatic heterocycles. The molecule has 0 spiro atoms. The van der Waals surface area contributed by atoms with E-state index in [2.05, 4.69) is 32.0 Å². The number of nitrogens with zero attached hydrogens (tertiary/aromatic N) is 5. The molecule has 0 aliphatic carbocycles. The number of aliphatic hydroxyl groups excluding tert-OH is 2. The molecule has 4 heterocycles. The third-order valence-corrected chi connectivity index (χ3v) is 5.13. The monoisotopic (exact) mass is 353 g/mol. The second kappa shape index (κ2) is 6.01. The fourth-order valence-corrected chi connectivity index (χ4v) is 3.88. The molecule has 3 aromatic rings. The molecule has 8 nitrogen and oxygen atoms in total. The predicted molar refractivity (Wildman–Crippen MR) is 94.1 cm³/mol. The Hall–Kier alpha value is -2.55. The summed E-state index contributed by atoms with van der Waals surface area (Å²) in [6.07, 6.45) is 2.80. The number of imidazole rings is 1. The maximum atomic E-state index is 10.3. The number of benzene rings is 1. The number of rotatable bonds is 3. The van der Waals surface area contributed by atoms with Crippen LogP contribution in [0.3, 0.4) is 0 Å². The van der Waals surface area contributed by atoms with Crippen LogP contribution in [0.4, 0.5) is 11.5 Å². The van der Waals surface area contributed by atoms with Crippen LogP contribution in [0.25, 0.3) is 11.2 Å². The summed E-state index contributed by atoms with van der Waals surface area (Å²) in [5.41, 5.74) is 3.72. The molecule has 1 fully saturated rings. The average Bonchev–Trinajstić information content (AvgIpc) is 3.37. The summed E-state index contributed by atoms with van der Waals surface area (Å²) < 4.78 is 7.47. The number of para-hydroxylation sites is 1. The lowest BCUT2D eigenvalue weighted by Crippen LogP contribution is -2.19. The largest absolute Gasteiger partial charge is 0.394 e. The lowest BCUT2D eigenvalue weighted by Gasteiger charge is -2.19. The van der Waals surface area contributed by atoms with Crippen molar-refractivity contribution in [1.29, 1.82) is 0 Å². The van der Waals surface area contributed by atoms with Gasteiger partial charge in [-0.2, -0.15) is 0 Å². The topological polar surface area (TPSA) is 96.5 Å². The van der Waals surface area contributed by atoms with E-state index in [0.29, 0.717) is 17.6 Å². The minimum Gasteiger partial charge on any atom is -0.394 e. The minimum absolute atomic E-state index is 0.120. The molecule has 5 rings (SSSR count). The quantitative estimate of drug-likeness (QED) is 0.729. The number of fused-ring (bicyclic) bond motifs is 2. The zero-order chi connectivity index (χ0) is 17.7. The first-order valence-electron chi connectivity index (χ1n) is 8.73. The van der Waals surface area contributed by atoms with Crippen LogP contribution in [0.2, 0.25) is 0 Å². The third kappa shape index (κ3) is 2.30. The van der Waals surface area contributed by atoms with Gasteiger partial charge in [-0.3, -0.25) is 4.57 Å². The molecule has 0 unspecified atom stereocenters. The van der Waals surface area contributed by atoms with Gasteiger partial charge in [0.15, 0.2) is 23.2 Å². The van der Waals surface area contributed by atoms with Crippen LogP contribution in [0.15, 0.2) is 36.9 Å². The highest BCUT2D eigenvalue weighted by molar-refractivity contribution is 5.87. The highest BCUT2D eigenvalue weighted by atomic mass is 16.5. The van der Waals surface area contributed by atoms with Crippen molar-refractivity contribution < 1.29 is 14.9 Å². The van der Waals surface area contributed by atoms with Gasteiger partial charge >= 0.3 is 0 Å². The summed E-state index contributed by atoms with van der Waals surface area (Å²) in [6.45, 7) is 0.721. The molecule has 2 aromatic heterocycles. The fraction of sp³-hybridized carbons (Fsp3) is 0.389. The van der Waals surface area contributed by atoms with Gasteiger partial charge in [-0.15, -0.1) is 0 Å². The first-order valence-corrected chi connectivity index (χ1v) is 8.73. The first-order chi connectivity index (χ1) is 12.8. The van der Waals surface area contributed by atoms with Crippen molar-refractivity contribution in [2.75, 3.05) is 18.1 Å². The van der Waals surface area contributed by atoms with Crippen LogP contribution in [-0.2, 0) is 11.2 Å². The highest BCUT2D eigenvalue weighted by Crippen LogP contribution is 2.37. The van der Waals surface area contributed by atoms with Gasteiger partial charge in [-0.05, 0) is 18.1 Å². The van der Waals surface area contributed by atoms with E-state index in [4.69, 9.17) is 4.74 Å². The van der Waals surface area contributed by atoms with Crippen molar-refractivity contribution in [3.63, 3.8) is 0 Å². The summed E-state index contributed by atoms with van der Waals surface area (Å²) in [5, 5.41) is 19.6. The van der Waals surface area contributed by atoms with Gasteiger partial charge in [0.1, 0.15) is 12.4 Å². The Balaban J connectivity index is 1.57. The minimum atomic E-state index is -0.713. The van der Waals surface area contributed by atoms with E-state index < -0.39 is 12.3 Å². The van der Waals surface area contributed by atoms with Gasteiger partial charge in [0.25, 0.3) is 0 Å². The van der Waals surface area contributed by atoms with Crippen molar-refractivity contribution in [2.45, 2.75) is 31.3 Å². The maximum absolute atomic E-state index is 10.3. The second-order valence-electron chi connectivity index (χ2n) is 6.69. The van der Waals surface area contributed by atoms with Crippen LogP contribution in [-0.4, -0.2) is 55.1 Å². The predicted octanol–water partition coefficient (Wildman–Crippen LogP) is 1.16. The van der Waals surface area contributed by atoms with Gasteiger partial charge in [0.05, 0.1) is 19.0 Å². The molecule has 2 aliphatic rings. The van der Waals surface area contributed by atoms with Gasteiger partial charge in [0, 0.05) is 18.7 Å². The SMILES string of the molecule is OC[C@@H]1C[C@@H](O)[C@H](n2cnc3c(N4CCc5ccccc54)ncnc32)O1. The molecule has 1 aromatic carbocycles. The van der Waals surface area contributed by atoms with E-state index in [9.17, 15) is 10.2 Å². The number of aromatic nitrogens is 4. The van der Waals surface area contributed by atoms with Crippen LogP contribution in [0, 0.1) is 0 Å². The van der Waals surface area contributed by atoms with E-state index in [1.807, 2.05) is 12.1 Å². The van der Waals surface area contributed by atoms with Crippen molar-refractivity contribution in [2.24, 2.45) is 0 Å². The Kier molecular flexibility index (Phi) is 3.63. The van der Waals surface area contributed by atoms with Gasteiger partial charge in [0.2, 0.25) is 0 Å². The molecule has 134 valence electrons. The van der Waals surface area contributed by atoms with E-state index in [1.54, 1.807) is 10.9 Å². The van der Waals surface area contributed by atoms with E-state index in [0.717, 1.165) is 24.5 Å². The van der Waals surface area contributed by atoms with Crippen LogP contribution >= 0.6 is 0 Å². The Morgan fingerprint density at radius 1 is 1.19 bits per heavy atom. The Morgan fingerprint density at radius 3 is 2.92 bits per heavy atom. The summed E-state index contributed by atoms with van der Waals surface area (Å²) >= 11 is 0. The summed E-state index contributed by atoms with van der Waals surface area (Å²) in [7, 11) is 0. The van der Waals surface area contributed by atoms with Crippen molar-refractivity contribution in [1.82, 2.24) is 19.5 Å². The zero-order valence-electron chi connectivity index (χ0n) is 14.1. The number of hydrogen-bond acceptors (Lipinski definition) is 7. The van der Waals surface area contributed by atoms with Gasteiger partial charge < -0.3 is 19.8 Å². The molecule has 0 amide bonds. The van der Waals surface area contributed by atoms with Crippen molar-refractivity contribution >= 4 is 22.7 Å². The number of anilines is 2. The second-order valence-corrected chi connectivity index (χ2v) is 6.69. The molecular weight excluding hydrogens is 334 g/mol. The fourth-order valence-electron chi connectivity index (χ4n) is 3.88. The highest BCUT2D eigenvalue weighted by Gasteiger charge is 2.36. The molecule has 2 N–H and O–H groups in total. The molecule has 3 atom stereocenters. The first kappa shape index (κ1) is 15.7. The molecule has 0 radical (unpaired) electrons. The van der Waals surface area contributed by atoms with Crippen LogP contribution in [0.5, 0.6) is 0 Å². The molecule has 0 bridgehead atoms. The normalized spacial score (nSPS) is 25.2. The van der Waals surface area contributed by atoms with Gasteiger partial charge in [-0.1, -0.05) is 18.2 Å². The lowest BCUT2D eigenvalue weighted by atomic mass is 10.2. The summed E-state index contributed by atoms with van der Waals surface area (Å²) in [4.78, 5) is 15.5. The Morgan fingerprint density at radius 2 is 2.08 bits per heavy atom. The smallest absolute Gasteiger partial charge is 0.167 e. The van der Waals surface area contributed by atoms with E-state index in [1.165, 1.54) is 11.9 Å². The zero-order valence-corrected chi connectivity index (χ0v) is 14.1. The Labute approximate surface area is 149 Å². The van der Waals surface area contributed by atoms with Crippen LogP contribution < -0.4 is 4.90 Å². The standard InChI is InChI=1S/C18H19N5O3/c24-8-12-7-14(25)18(26-12)23-10-21-15-16(19-9-20-17(15)23)22-6-5-11-3-1-2-4-13(11)22/h1-4,9-10,12,14,18,24-25H,5-8H2/t12-,14+,18+/m0/s1. The number of hydrogen-bond donors (Lipinski definition) is 2. The van der Waals surface area contributed by atoms with Crippen molar-refractivity contribution in [3.8, 4) is 0 Å². The molecule has 0 saturated carbocycles.